The normalized spacial score (nSPS) is 24.3. The van der Waals surface area contributed by atoms with Gasteiger partial charge >= 0.3 is 0 Å². The van der Waals surface area contributed by atoms with E-state index >= 15 is 0 Å². The number of aliphatic hydroxyl groups is 1. The van der Waals surface area contributed by atoms with Gasteiger partial charge in [-0.15, -0.1) is 0 Å². The molecule has 1 aliphatic rings. The molecule has 1 saturated carbocycles. The van der Waals surface area contributed by atoms with Crippen molar-refractivity contribution >= 4 is 0 Å². The van der Waals surface area contributed by atoms with E-state index in [-0.39, 0.29) is 12.2 Å². The summed E-state index contributed by atoms with van der Waals surface area (Å²) in [7, 11) is 0. The molecule has 0 aliphatic heterocycles. The SMILES string of the molecule is Cc1cc(OC2CCCC(O)C2)ccc1C(C)C. The topological polar surface area (TPSA) is 29.5 Å². The van der Waals surface area contributed by atoms with Crippen LogP contribution in [-0.2, 0) is 0 Å². The lowest BCUT2D eigenvalue weighted by Crippen LogP contribution is -2.28. The van der Waals surface area contributed by atoms with Crippen molar-refractivity contribution < 1.29 is 9.84 Å². The van der Waals surface area contributed by atoms with Crippen LogP contribution in [0.15, 0.2) is 18.2 Å². The predicted octanol–water partition coefficient (Wildman–Crippen LogP) is 3.80. The first-order chi connectivity index (χ1) is 8.56. The summed E-state index contributed by atoms with van der Waals surface area (Å²) in [6.45, 7) is 6.55. The fraction of sp³-hybridized carbons (Fsp3) is 0.625. The first-order valence-corrected chi connectivity index (χ1v) is 7.01. The van der Waals surface area contributed by atoms with Crippen molar-refractivity contribution in [1.29, 1.82) is 0 Å². The monoisotopic (exact) mass is 248 g/mol. The molecule has 1 N–H and O–H groups in total. The van der Waals surface area contributed by atoms with Crippen LogP contribution >= 0.6 is 0 Å². The summed E-state index contributed by atoms with van der Waals surface area (Å²) in [6, 6.07) is 6.34. The van der Waals surface area contributed by atoms with Crippen molar-refractivity contribution in [1.82, 2.24) is 0 Å². The van der Waals surface area contributed by atoms with E-state index in [1.807, 2.05) is 0 Å². The molecule has 100 valence electrons. The highest BCUT2D eigenvalue weighted by atomic mass is 16.5. The fourth-order valence-corrected chi connectivity index (χ4v) is 2.79. The quantitative estimate of drug-likeness (QED) is 0.881. The average molecular weight is 248 g/mol. The zero-order valence-corrected chi connectivity index (χ0v) is 11.6. The van der Waals surface area contributed by atoms with E-state index in [0.717, 1.165) is 31.4 Å². The summed E-state index contributed by atoms with van der Waals surface area (Å²) in [5.74, 6) is 1.49. The third-order valence-electron chi connectivity index (χ3n) is 3.76. The van der Waals surface area contributed by atoms with Crippen molar-refractivity contribution in [3.63, 3.8) is 0 Å². The molecule has 2 rings (SSSR count). The Bertz CT molecular complexity index is 398. The molecule has 2 heteroatoms. The number of aryl methyl sites for hydroxylation is 1. The van der Waals surface area contributed by atoms with Gasteiger partial charge in [-0.1, -0.05) is 19.9 Å². The van der Waals surface area contributed by atoms with Gasteiger partial charge in [0.05, 0.1) is 6.10 Å². The summed E-state index contributed by atoms with van der Waals surface area (Å²) in [5.41, 5.74) is 2.67. The van der Waals surface area contributed by atoms with Crippen LogP contribution in [0, 0.1) is 6.92 Å². The second-order valence-electron chi connectivity index (χ2n) is 5.73. The van der Waals surface area contributed by atoms with E-state index in [4.69, 9.17) is 4.74 Å². The second-order valence-corrected chi connectivity index (χ2v) is 5.73. The van der Waals surface area contributed by atoms with Crippen LogP contribution in [0.1, 0.15) is 56.6 Å². The van der Waals surface area contributed by atoms with Crippen LogP contribution in [0.5, 0.6) is 5.75 Å². The molecule has 1 aliphatic carbocycles. The molecule has 2 nitrogen and oxygen atoms in total. The number of hydrogen-bond acceptors (Lipinski definition) is 2. The molecule has 18 heavy (non-hydrogen) atoms. The lowest BCUT2D eigenvalue weighted by Gasteiger charge is -2.27. The maximum Gasteiger partial charge on any atom is 0.120 e. The minimum atomic E-state index is -0.181. The summed E-state index contributed by atoms with van der Waals surface area (Å²) >= 11 is 0. The van der Waals surface area contributed by atoms with E-state index < -0.39 is 0 Å². The molecule has 1 fully saturated rings. The summed E-state index contributed by atoms with van der Waals surface area (Å²) in [5, 5.41) is 9.65. The van der Waals surface area contributed by atoms with Gasteiger partial charge < -0.3 is 9.84 Å². The number of ether oxygens (including phenoxy) is 1. The Morgan fingerprint density at radius 3 is 2.67 bits per heavy atom. The van der Waals surface area contributed by atoms with Crippen LogP contribution in [0.2, 0.25) is 0 Å². The average Bonchev–Trinajstić information content (AvgIpc) is 2.28. The number of aliphatic hydroxyl groups excluding tert-OH is 1. The van der Waals surface area contributed by atoms with Gasteiger partial charge in [0.15, 0.2) is 0 Å². The molecular weight excluding hydrogens is 224 g/mol. The smallest absolute Gasteiger partial charge is 0.120 e. The predicted molar refractivity (Wildman–Crippen MR) is 74.2 cm³/mol. The van der Waals surface area contributed by atoms with Gasteiger partial charge in [-0.3, -0.25) is 0 Å². The van der Waals surface area contributed by atoms with E-state index in [9.17, 15) is 5.11 Å². The Labute approximate surface area is 110 Å². The standard InChI is InChI=1S/C16H24O2/c1-11(2)16-8-7-15(9-12(16)3)18-14-6-4-5-13(17)10-14/h7-9,11,13-14,17H,4-6,10H2,1-3H3. The Morgan fingerprint density at radius 2 is 2.06 bits per heavy atom. The van der Waals surface area contributed by atoms with Crippen molar-refractivity contribution in [3.05, 3.63) is 29.3 Å². The van der Waals surface area contributed by atoms with Crippen molar-refractivity contribution in [2.75, 3.05) is 0 Å². The highest BCUT2D eigenvalue weighted by molar-refractivity contribution is 5.36. The Morgan fingerprint density at radius 1 is 1.28 bits per heavy atom. The molecule has 0 saturated heterocycles. The first kappa shape index (κ1) is 13.4. The van der Waals surface area contributed by atoms with Gasteiger partial charge in [-0.2, -0.15) is 0 Å². The second kappa shape index (κ2) is 5.75. The summed E-state index contributed by atoms with van der Waals surface area (Å²) < 4.78 is 5.98. The van der Waals surface area contributed by atoms with Gasteiger partial charge in [0, 0.05) is 6.42 Å². The van der Waals surface area contributed by atoms with Gasteiger partial charge in [-0.25, -0.2) is 0 Å². The lowest BCUT2D eigenvalue weighted by atomic mass is 9.95. The molecule has 0 amide bonds. The van der Waals surface area contributed by atoms with Crippen LogP contribution in [0.3, 0.4) is 0 Å². The van der Waals surface area contributed by atoms with Gasteiger partial charge in [0.25, 0.3) is 0 Å². The van der Waals surface area contributed by atoms with Crippen LogP contribution in [0.4, 0.5) is 0 Å². The van der Waals surface area contributed by atoms with E-state index in [1.165, 1.54) is 11.1 Å². The Balaban J connectivity index is 2.03. The highest BCUT2D eigenvalue weighted by Crippen LogP contribution is 2.27. The summed E-state index contributed by atoms with van der Waals surface area (Å²) in [4.78, 5) is 0. The van der Waals surface area contributed by atoms with Gasteiger partial charge in [0.1, 0.15) is 11.9 Å². The Hall–Kier alpha value is -1.02. The molecule has 0 heterocycles. The minimum absolute atomic E-state index is 0.179. The molecule has 1 aromatic carbocycles. The molecule has 2 unspecified atom stereocenters. The molecule has 2 atom stereocenters. The zero-order valence-electron chi connectivity index (χ0n) is 11.6. The fourth-order valence-electron chi connectivity index (χ4n) is 2.79. The third kappa shape index (κ3) is 3.26. The van der Waals surface area contributed by atoms with Crippen molar-refractivity contribution in [3.8, 4) is 5.75 Å². The van der Waals surface area contributed by atoms with Crippen LogP contribution in [0.25, 0.3) is 0 Å². The number of benzene rings is 1. The molecule has 0 bridgehead atoms. The zero-order chi connectivity index (χ0) is 13.1. The molecule has 0 radical (unpaired) electrons. The molecule has 1 aromatic rings. The van der Waals surface area contributed by atoms with Crippen LogP contribution < -0.4 is 4.74 Å². The van der Waals surface area contributed by atoms with Gasteiger partial charge in [-0.05, 0) is 55.4 Å². The molecule has 0 spiro atoms. The molecular formula is C16H24O2. The lowest BCUT2D eigenvalue weighted by molar-refractivity contribution is 0.0536. The van der Waals surface area contributed by atoms with Crippen molar-refractivity contribution in [2.24, 2.45) is 0 Å². The maximum atomic E-state index is 9.65. The van der Waals surface area contributed by atoms with Gasteiger partial charge in [0.2, 0.25) is 0 Å². The maximum absolute atomic E-state index is 9.65. The summed E-state index contributed by atoms with van der Waals surface area (Å²) in [6.07, 6.45) is 3.81. The first-order valence-electron chi connectivity index (χ1n) is 7.01. The number of rotatable bonds is 3. The number of hydrogen-bond donors (Lipinski definition) is 1. The van der Waals surface area contributed by atoms with E-state index in [0.29, 0.717) is 5.92 Å². The third-order valence-corrected chi connectivity index (χ3v) is 3.76. The minimum Gasteiger partial charge on any atom is -0.490 e. The van der Waals surface area contributed by atoms with Crippen molar-refractivity contribution in [2.45, 2.75) is 64.6 Å². The van der Waals surface area contributed by atoms with E-state index in [1.54, 1.807) is 0 Å². The van der Waals surface area contributed by atoms with E-state index in [2.05, 4.69) is 39.0 Å². The molecule has 0 aromatic heterocycles. The Kier molecular flexibility index (Phi) is 4.28. The largest absolute Gasteiger partial charge is 0.490 e. The highest BCUT2D eigenvalue weighted by Gasteiger charge is 2.21. The van der Waals surface area contributed by atoms with Crippen LogP contribution in [-0.4, -0.2) is 17.3 Å².